The normalized spacial score (nSPS) is 12.6. The molecule has 0 aliphatic heterocycles. The zero-order chi connectivity index (χ0) is 15.2. The number of aliphatic hydroxyl groups excluding tert-OH is 1. The highest BCUT2D eigenvalue weighted by Crippen LogP contribution is 2.24. The lowest BCUT2D eigenvalue weighted by atomic mass is 10.3. The first-order valence-electron chi connectivity index (χ1n) is 6.87. The fourth-order valence-corrected chi connectivity index (χ4v) is 2.86. The first-order chi connectivity index (χ1) is 10.2. The van der Waals surface area contributed by atoms with Crippen molar-refractivity contribution < 1.29 is 9.50 Å². The summed E-state index contributed by atoms with van der Waals surface area (Å²) in [7, 11) is 0. The lowest BCUT2D eigenvalue weighted by Crippen LogP contribution is -2.12. The van der Waals surface area contributed by atoms with Crippen LogP contribution in [-0.4, -0.2) is 38.3 Å². The van der Waals surface area contributed by atoms with Crippen LogP contribution < -0.4 is 5.73 Å². The number of hydrogen-bond acceptors (Lipinski definition) is 5. The number of thioether (sulfide) groups is 1. The van der Waals surface area contributed by atoms with Gasteiger partial charge in [-0.3, -0.25) is 4.57 Å². The molecule has 114 valence electrons. The van der Waals surface area contributed by atoms with Gasteiger partial charge in [-0.1, -0.05) is 30.8 Å². The summed E-state index contributed by atoms with van der Waals surface area (Å²) in [5, 5.41) is 18.4. The summed E-state index contributed by atoms with van der Waals surface area (Å²) in [6.45, 7) is 2.32. The van der Waals surface area contributed by atoms with Crippen molar-refractivity contribution in [2.24, 2.45) is 5.73 Å². The number of benzene rings is 1. The lowest BCUT2D eigenvalue weighted by Gasteiger charge is -2.11. The van der Waals surface area contributed by atoms with Crippen LogP contribution in [0.4, 0.5) is 4.39 Å². The first kappa shape index (κ1) is 15.9. The summed E-state index contributed by atoms with van der Waals surface area (Å²) in [6.07, 6.45) is 0.757. The number of aromatic nitrogens is 3. The lowest BCUT2D eigenvalue weighted by molar-refractivity contribution is 0.195. The number of halogens is 1. The van der Waals surface area contributed by atoms with Crippen LogP contribution in [0.25, 0.3) is 5.69 Å². The molecule has 1 aromatic carbocycles. The quantitative estimate of drug-likeness (QED) is 0.762. The molecule has 0 saturated heterocycles. The minimum atomic E-state index is -0.418. The van der Waals surface area contributed by atoms with Crippen LogP contribution in [0.5, 0.6) is 0 Å². The maximum Gasteiger partial charge on any atom is 0.196 e. The van der Waals surface area contributed by atoms with E-state index in [1.165, 1.54) is 17.8 Å². The molecule has 0 aliphatic carbocycles. The zero-order valence-corrected chi connectivity index (χ0v) is 12.7. The summed E-state index contributed by atoms with van der Waals surface area (Å²) in [6, 6.07) is 6.48. The molecular weight excluding hydrogens is 291 g/mol. The van der Waals surface area contributed by atoms with Crippen molar-refractivity contribution >= 4 is 11.8 Å². The molecule has 1 atom stereocenters. The van der Waals surface area contributed by atoms with Crippen LogP contribution in [-0.2, 0) is 6.42 Å². The third-order valence-electron chi connectivity index (χ3n) is 3.04. The molecule has 0 amide bonds. The highest BCUT2D eigenvalue weighted by atomic mass is 32.2. The topological polar surface area (TPSA) is 77.0 Å². The predicted molar refractivity (Wildman–Crippen MR) is 81.1 cm³/mol. The van der Waals surface area contributed by atoms with Gasteiger partial charge in [0.1, 0.15) is 11.6 Å². The van der Waals surface area contributed by atoms with Gasteiger partial charge in [-0.15, -0.1) is 10.2 Å². The molecule has 2 aromatic rings. The average Bonchev–Trinajstić information content (AvgIpc) is 2.88. The number of para-hydroxylation sites is 1. The molecule has 0 bridgehead atoms. The molecule has 1 heterocycles. The predicted octanol–water partition coefficient (Wildman–Crippen LogP) is 1.77. The van der Waals surface area contributed by atoms with Gasteiger partial charge >= 0.3 is 0 Å². The van der Waals surface area contributed by atoms with E-state index in [1.54, 1.807) is 22.8 Å². The van der Waals surface area contributed by atoms with Gasteiger partial charge in [-0.05, 0) is 25.1 Å². The maximum absolute atomic E-state index is 14.1. The van der Waals surface area contributed by atoms with Gasteiger partial charge in [0, 0.05) is 12.2 Å². The fourth-order valence-electron chi connectivity index (χ4n) is 1.85. The average molecular weight is 310 g/mol. The summed E-state index contributed by atoms with van der Waals surface area (Å²) in [5.74, 6) is 0.774. The van der Waals surface area contributed by atoms with Gasteiger partial charge in [-0.25, -0.2) is 4.39 Å². The van der Waals surface area contributed by atoms with Gasteiger partial charge in [-0.2, -0.15) is 0 Å². The summed E-state index contributed by atoms with van der Waals surface area (Å²) < 4.78 is 15.7. The van der Waals surface area contributed by atoms with Crippen molar-refractivity contribution in [1.82, 2.24) is 14.8 Å². The summed E-state index contributed by atoms with van der Waals surface area (Å²) in [4.78, 5) is 0. The van der Waals surface area contributed by atoms with Gasteiger partial charge in [0.2, 0.25) is 0 Å². The van der Waals surface area contributed by atoms with Crippen molar-refractivity contribution in [3.8, 4) is 5.69 Å². The molecule has 0 aliphatic rings. The van der Waals surface area contributed by atoms with Crippen LogP contribution in [0.2, 0.25) is 0 Å². The molecule has 7 heteroatoms. The van der Waals surface area contributed by atoms with E-state index in [9.17, 15) is 9.50 Å². The SMILES string of the molecule is CC[C@@H](O)CSc1nnc(CCN)n1-c1ccccc1F. The van der Waals surface area contributed by atoms with E-state index in [1.807, 2.05) is 6.92 Å². The Hall–Kier alpha value is -1.44. The van der Waals surface area contributed by atoms with E-state index in [-0.39, 0.29) is 5.82 Å². The van der Waals surface area contributed by atoms with Gasteiger partial charge in [0.15, 0.2) is 5.16 Å². The largest absolute Gasteiger partial charge is 0.392 e. The minimum Gasteiger partial charge on any atom is -0.392 e. The standard InChI is InChI=1S/C14H19FN4OS/c1-2-10(20)9-21-14-18-17-13(7-8-16)19(14)12-6-4-3-5-11(12)15/h3-6,10,20H,2,7-9,16H2,1H3/t10-/m1/s1. The number of hydrogen-bond donors (Lipinski definition) is 2. The smallest absolute Gasteiger partial charge is 0.196 e. The van der Waals surface area contributed by atoms with Crippen molar-refractivity contribution in [1.29, 1.82) is 0 Å². The zero-order valence-electron chi connectivity index (χ0n) is 11.9. The second-order valence-corrected chi connectivity index (χ2v) is 5.58. The second kappa shape index (κ2) is 7.53. The fraction of sp³-hybridized carbons (Fsp3) is 0.429. The highest BCUT2D eigenvalue weighted by Gasteiger charge is 2.17. The summed E-state index contributed by atoms with van der Waals surface area (Å²) >= 11 is 1.36. The van der Waals surface area contributed by atoms with Gasteiger partial charge < -0.3 is 10.8 Å². The molecule has 3 N–H and O–H groups in total. The monoisotopic (exact) mass is 310 g/mol. The van der Waals surface area contributed by atoms with Gasteiger partial charge in [0.05, 0.1) is 11.8 Å². The molecule has 5 nitrogen and oxygen atoms in total. The van der Waals surface area contributed by atoms with Crippen molar-refractivity contribution in [2.45, 2.75) is 31.0 Å². The maximum atomic E-state index is 14.1. The molecule has 0 unspecified atom stereocenters. The second-order valence-electron chi connectivity index (χ2n) is 4.60. The number of nitrogens with two attached hydrogens (primary N) is 1. The van der Waals surface area contributed by atoms with Crippen LogP contribution in [0.1, 0.15) is 19.2 Å². The molecule has 0 saturated carbocycles. The molecule has 21 heavy (non-hydrogen) atoms. The van der Waals surface area contributed by atoms with Crippen molar-refractivity contribution in [3.63, 3.8) is 0 Å². The Morgan fingerprint density at radius 2 is 2.14 bits per heavy atom. The molecule has 2 rings (SSSR count). The third-order valence-corrected chi connectivity index (χ3v) is 4.11. The number of aliphatic hydroxyl groups is 1. The Morgan fingerprint density at radius 1 is 1.38 bits per heavy atom. The third kappa shape index (κ3) is 3.81. The van der Waals surface area contributed by atoms with E-state index >= 15 is 0 Å². The van der Waals surface area contributed by atoms with Crippen LogP contribution >= 0.6 is 11.8 Å². The Bertz CT molecular complexity index is 590. The van der Waals surface area contributed by atoms with E-state index in [0.717, 1.165) is 0 Å². The Balaban J connectivity index is 2.36. The van der Waals surface area contributed by atoms with Crippen LogP contribution in [0, 0.1) is 5.82 Å². The molecule has 0 spiro atoms. The molecule has 0 radical (unpaired) electrons. The van der Waals surface area contributed by atoms with Crippen molar-refractivity contribution in [3.05, 3.63) is 35.9 Å². The number of nitrogens with zero attached hydrogens (tertiary/aromatic N) is 3. The van der Waals surface area contributed by atoms with Crippen LogP contribution in [0.3, 0.4) is 0 Å². The van der Waals surface area contributed by atoms with Crippen molar-refractivity contribution in [2.75, 3.05) is 12.3 Å². The van der Waals surface area contributed by atoms with E-state index in [2.05, 4.69) is 10.2 Å². The first-order valence-corrected chi connectivity index (χ1v) is 7.86. The highest BCUT2D eigenvalue weighted by molar-refractivity contribution is 7.99. The van der Waals surface area contributed by atoms with E-state index in [4.69, 9.17) is 5.73 Å². The Labute approximate surface area is 127 Å². The van der Waals surface area contributed by atoms with Crippen LogP contribution in [0.15, 0.2) is 29.4 Å². The van der Waals surface area contributed by atoms with Gasteiger partial charge in [0.25, 0.3) is 0 Å². The summed E-state index contributed by atoms with van der Waals surface area (Å²) in [5.41, 5.74) is 5.98. The Kier molecular flexibility index (Phi) is 5.72. The van der Waals surface area contributed by atoms with E-state index in [0.29, 0.717) is 41.8 Å². The Morgan fingerprint density at radius 3 is 2.81 bits per heavy atom. The van der Waals surface area contributed by atoms with E-state index < -0.39 is 6.10 Å². The molecule has 1 aromatic heterocycles. The minimum absolute atomic E-state index is 0.339. The molecular formula is C14H19FN4OS. The molecule has 0 fully saturated rings. The number of rotatable bonds is 7.